The van der Waals surface area contributed by atoms with Crippen molar-refractivity contribution in [2.24, 2.45) is 20.7 Å². The van der Waals surface area contributed by atoms with Crippen molar-refractivity contribution in [3.05, 3.63) is 0 Å². The topological polar surface area (TPSA) is 229 Å². The van der Waals surface area contributed by atoms with E-state index in [9.17, 15) is 24.2 Å². The summed E-state index contributed by atoms with van der Waals surface area (Å²) in [5, 5.41) is 20.3. The van der Waals surface area contributed by atoms with Gasteiger partial charge in [-0.25, -0.2) is 24.0 Å². The number of aliphatic hydroxyl groups excluding tert-OH is 2. The number of fused-ring (bicyclic) bond motifs is 1. The van der Waals surface area contributed by atoms with Crippen molar-refractivity contribution < 1.29 is 47.6 Å². The van der Waals surface area contributed by atoms with Gasteiger partial charge in [0.15, 0.2) is 6.17 Å². The second kappa shape index (κ2) is 7.39. The maximum Gasteiger partial charge on any atom is 0.481 e. The van der Waals surface area contributed by atoms with Crippen LogP contribution in [0.4, 0.5) is 0 Å². The van der Waals surface area contributed by atoms with E-state index in [1.165, 1.54) is 11.2 Å². The fraction of sp³-hybridized carbons (Fsp3) is 0.700. The highest BCUT2D eigenvalue weighted by molar-refractivity contribution is 7.60. The van der Waals surface area contributed by atoms with Crippen LogP contribution >= 0.6 is 15.6 Å². The van der Waals surface area contributed by atoms with E-state index in [4.69, 9.17) is 20.3 Å². The van der Waals surface area contributed by atoms with Gasteiger partial charge in [-0.3, -0.25) is 9.52 Å². The molecule has 0 spiro atoms. The monoisotopic (exact) mass is 429 g/mol. The maximum absolute atomic E-state index is 11.5. The van der Waals surface area contributed by atoms with Crippen molar-refractivity contribution in [1.29, 1.82) is 0 Å². The van der Waals surface area contributed by atoms with E-state index in [1.807, 2.05) is 0 Å². The summed E-state index contributed by atoms with van der Waals surface area (Å²) in [6.07, 6.45) is -4.86. The summed E-state index contributed by atoms with van der Waals surface area (Å²) in [6.45, 7) is -0.753. The molecule has 152 valence electrons. The first-order chi connectivity index (χ1) is 12.5. The van der Waals surface area contributed by atoms with E-state index in [2.05, 4.69) is 23.8 Å². The molecule has 3 aliphatic rings. The van der Waals surface area contributed by atoms with Gasteiger partial charge in [0.1, 0.15) is 42.4 Å². The average molecular weight is 429 g/mol. The van der Waals surface area contributed by atoms with Crippen LogP contribution in [-0.4, -0.2) is 91.7 Å². The Bertz CT molecular complexity index is 782. The molecule has 1 saturated heterocycles. The Labute approximate surface area is 151 Å². The van der Waals surface area contributed by atoms with Gasteiger partial charge in [0.2, 0.25) is 0 Å². The Morgan fingerprint density at radius 2 is 2.00 bits per heavy atom. The smallest absolute Gasteiger partial charge is 0.387 e. The molecule has 15 nitrogen and oxygen atoms in total. The molecule has 0 radical (unpaired) electrons. The van der Waals surface area contributed by atoms with Crippen LogP contribution in [0.2, 0.25) is 0 Å². The van der Waals surface area contributed by atoms with Crippen molar-refractivity contribution in [1.82, 2.24) is 4.90 Å². The van der Waals surface area contributed by atoms with Gasteiger partial charge in [-0.2, -0.15) is 4.31 Å². The highest BCUT2D eigenvalue weighted by Crippen LogP contribution is 2.57. The minimum Gasteiger partial charge on any atom is -0.387 e. The number of hydrogen-bond acceptors (Lipinski definition) is 12. The van der Waals surface area contributed by atoms with Crippen molar-refractivity contribution in [3.8, 4) is 0 Å². The molecule has 0 bridgehead atoms. The lowest BCUT2D eigenvalue weighted by atomic mass is 10.1. The number of amidine groups is 1. The third-order valence-corrected chi connectivity index (χ3v) is 6.06. The predicted octanol–water partition coefficient (Wildman–Crippen LogP) is -2.90. The first-order valence-electron chi connectivity index (χ1n) is 7.40. The lowest BCUT2D eigenvalue weighted by molar-refractivity contribution is -0.0980. The van der Waals surface area contributed by atoms with E-state index in [0.717, 1.165) is 0 Å². The number of hydrogen-bond donors (Lipinski definition) is 6. The van der Waals surface area contributed by atoms with Crippen LogP contribution in [0.5, 0.6) is 0 Å². The van der Waals surface area contributed by atoms with Gasteiger partial charge in [0.05, 0.1) is 13.3 Å². The standard InChI is InChI=1S/C10H17N5O10P2/c11-8-5-9(13-2-12-8)15(3-14-5)10-7(17)6(16)4(24-10)1-23-27(21,22)25-26(18,19)20/h2,4,6-7,9-10,16-17H,1,3H2,(H,21,22)(H2,11,12,13)(H2,18,19,20)/t4-,6-,7-,9?,10-/m1/s1. The van der Waals surface area contributed by atoms with Gasteiger partial charge in [0, 0.05) is 0 Å². The van der Waals surface area contributed by atoms with Crippen LogP contribution in [-0.2, 0) is 22.7 Å². The van der Waals surface area contributed by atoms with Gasteiger partial charge >= 0.3 is 15.6 Å². The summed E-state index contributed by atoms with van der Waals surface area (Å²) < 4.78 is 35.6. The van der Waals surface area contributed by atoms with Gasteiger partial charge in [-0.1, -0.05) is 0 Å². The molecule has 17 heteroatoms. The van der Waals surface area contributed by atoms with Crippen molar-refractivity contribution in [2.45, 2.75) is 30.7 Å². The molecular weight excluding hydrogens is 412 g/mol. The Morgan fingerprint density at radius 1 is 1.30 bits per heavy atom. The van der Waals surface area contributed by atoms with Crippen LogP contribution in [0.3, 0.4) is 0 Å². The lowest BCUT2D eigenvalue weighted by Crippen LogP contribution is -2.50. The summed E-state index contributed by atoms with van der Waals surface area (Å²) in [4.78, 5) is 39.9. The minimum absolute atomic E-state index is 0.0371. The third kappa shape index (κ3) is 4.50. The molecule has 1 fully saturated rings. The van der Waals surface area contributed by atoms with Crippen LogP contribution < -0.4 is 5.73 Å². The van der Waals surface area contributed by atoms with Crippen LogP contribution in [0, 0.1) is 0 Å². The Morgan fingerprint density at radius 3 is 2.67 bits per heavy atom. The predicted molar refractivity (Wildman–Crippen MR) is 87.6 cm³/mol. The summed E-state index contributed by atoms with van der Waals surface area (Å²) in [5.74, 6) is 0.154. The summed E-state index contributed by atoms with van der Waals surface area (Å²) in [5.41, 5.74) is 6.08. The molecule has 0 saturated carbocycles. The number of phosphoric acid groups is 2. The molecule has 27 heavy (non-hydrogen) atoms. The number of nitrogens with zero attached hydrogens (tertiary/aromatic N) is 4. The van der Waals surface area contributed by atoms with E-state index in [-0.39, 0.29) is 12.5 Å². The number of aliphatic hydroxyl groups is 2. The third-order valence-electron chi connectivity index (χ3n) is 3.91. The zero-order valence-electron chi connectivity index (χ0n) is 13.4. The molecule has 0 aromatic rings. The van der Waals surface area contributed by atoms with Crippen molar-refractivity contribution in [2.75, 3.05) is 13.3 Å². The number of aliphatic imine (C=N–C) groups is 3. The quantitative estimate of drug-likeness (QED) is 0.234. The van der Waals surface area contributed by atoms with Crippen LogP contribution in [0.25, 0.3) is 0 Å². The molecule has 0 aliphatic carbocycles. The molecule has 3 aliphatic heterocycles. The van der Waals surface area contributed by atoms with Gasteiger partial charge in [-0.15, -0.1) is 0 Å². The molecule has 6 atom stereocenters. The van der Waals surface area contributed by atoms with Crippen molar-refractivity contribution >= 4 is 33.5 Å². The minimum atomic E-state index is -5.28. The largest absolute Gasteiger partial charge is 0.481 e. The molecule has 0 aromatic carbocycles. The first-order valence-corrected chi connectivity index (χ1v) is 10.4. The molecule has 0 aromatic heterocycles. The number of phosphoric ester groups is 1. The van der Waals surface area contributed by atoms with Crippen molar-refractivity contribution in [3.63, 3.8) is 0 Å². The van der Waals surface area contributed by atoms with E-state index in [1.54, 1.807) is 0 Å². The SMILES string of the molecule is NC1=NC=NC2C1=NCN2[C@@H]1O[C@H](COP(=O)(O)OP(=O)(O)O)[C@@H](O)[C@H]1O. The average Bonchev–Trinajstić information content (AvgIpc) is 3.07. The zero-order valence-corrected chi connectivity index (χ0v) is 15.2. The molecule has 3 rings (SSSR count). The number of ether oxygens (including phenoxy) is 1. The molecule has 2 unspecified atom stereocenters. The summed E-state index contributed by atoms with van der Waals surface area (Å²) in [7, 11) is -10.4. The second-order valence-electron chi connectivity index (χ2n) is 5.73. The van der Waals surface area contributed by atoms with Crippen LogP contribution in [0.1, 0.15) is 0 Å². The van der Waals surface area contributed by atoms with Gasteiger partial charge in [-0.05, 0) is 0 Å². The molecule has 3 heterocycles. The Hall–Kier alpha value is -1.09. The van der Waals surface area contributed by atoms with Crippen LogP contribution in [0.15, 0.2) is 15.0 Å². The van der Waals surface area contributed by atoms with E-state index >= 15 is 0 Å². The summed E-state index contributed by atoms with van der Waals surface area (Å²) in [6, 6.07) is 0. The molecular formula is C10H17N5O10P2. The fourth-order valence-electron chi connectivity index (χ4n) is 2.75. The first kappa shape index (κ1) is 20.6. The zero-order chi connectivity index (χ0) is 20.0. The van der Waals surface area contributed by atoms with E-state index < -0.39 is 53.0 Å². The highest BCUT2D eigenvalue weighted by atomic mass is 31.3. The second-order valence-corrected chi connectivity index (χ2v) is 8.56. The van der Waals surface area contributed by atoms with E-state index in [0.29, 0.717) is 5.71 Å². The maximum atomic E-state index is 11.5. The van der Waals surface area contributed by atoms with Gasteiger partial charge < -0.3 is 35.4 Å². The number of nitrogens with two attached hydrogens (primary N) is 1. The fourth-order valence-corrected chi connectivity index (χ4v) is 4.35. The Kier molecular flexibility index (Phi) is 5.65. The van der Waals surface area contributed by atoms with Gasteiger partial charge in [0.25, 0.3) is 0 Å². The molecule has 7 N–H and O–H groups in total. The molecule has 0 amide bonds. The Balaban J connectivity index is 1.63. The summed E-state index contributed by atoms with van der Waals surface area (Å²) >= 11 is 0. The lowest BCUT2D eigenvalue weighted by Gasteiger charge is -2.29. The normalized spacial score (nSPS) is 36.3. The highest BCUT2D eigenvalue weighted by Gasteiger charge is 2.50. The number of rotatable bonds is 6.